The van der Waals surface area contributed by atoms with Gasteiger partial charge in [-0.2, -0.15) is 18.3 Å². The lowest BCUT2D eigenvalue weighted by Gasteiger charge is -2.18. The van der Waals surface area contributed by atoms with Crippen molar-refractivity contribution in [3.63, 3.8) is 0 Å². The monoisotopic (exact) mass is 430 g/mol. The van der Waals surface area contributed by atoms with Gasteiger partial charge in [0, 0.05) is 5.56 Å². The molecule has 0 aliphatic heterocycles. The average molecular weight is 430 g/mol. The second-order valence-corrected chi connectivity index (χ2v) is 7.83. The van der Waals surface area contributed by atoms with E-state index < -0.39 is 23.4 Å². The standard InChI is InChI=1S/C22H21F3N4O2/c1-21(2,3)15-11-9-14(10-12-15)19(26)28-31-20(30)17-13-27-29(18(17)22(23,24)25)16-7-5-4-6-8-16/h4-13H,1-3H3,(H2,26,28). The van der Waals surface area contributed by atoms with Gasteiger partial charge in [-0.05, 0) is 23.1 Å². The highest BCUT2D eigenvalue weighted by Crippen LogP contribution is 2.34. The highest BCUT2D eigenvalue weighted by molar-refractivity contribution is 5.98. The van der Waals surface area contributed by atoms with Crippen LogP contribution in [0.1, 0.15) is 48.0 Å². The van der Waals surface area contributed by atoms with Gasteiger partial charge < -0.3 is 10.6 Å². The number of aromatic nitrogens is 2. The zero-order valence-corrected chi connectivity index (χ0v) is 17.1. The largest absolute Gasteiger partial charge is 0.434 e. The van der Waals surface area contributed by atoms with Gasteiger partial charge in [0.25, 0.3) is 0 Å². The maximum Gasteiger partial charge on any atom is 0.434 e. The van der Waals surface area contributed by atoms with E-state index in [9.17, 15) is 18.0 Å². The zero-order chi connectivity index (χ0) is 22.8. The maximum absolute atomic E-state index is 13.7. The Bertz CT molecular complexity index is 1100. The lowest BCUT2D eigenvalue weighted by atomic mass is 9.87. The first-order valence-electron chi connectivity index (χ1n) is 9.35. The summed E-state index contributed by atoms with van der Waals surface area (Å²) in [5, 5.41) is 7.22. The number of hydrogen-bond donors (Lipinski definition) is 1. The molecule has 6 nitrogen and oxygen atoms in total. The SMILES string of the molecule is CC(C)(C)c1ccc(C(N)=NOC(=O)c2cnn(-c3ccccc3)c2C(F)(F)F)cc1. The quantitative estimate of drug-likeness (QED) is 0.282. The molecule has 9 heteroatoms. The first kappa shape index (κ1) is 22.1. The van der Waals surface area contributed by atoms with Gasteiger partial charge in [0.1, 0.15) is 5.56 Å². The molecule has 0 fully saturated rings. The number of nitrogens with zero attached hydrogens (tertiary/aromatic N) is 3. The van der Waals surface area contributed by atoms with Crippen molar-refractivity contribution < 1.29 is 22.8 Å². The van der Waals surface area contributed by atoms with Crippen LogP contribution in [0.5, 0.6) is 0 Å². The second-order valence-electron chi connectivity index (χ2n) is 7.83. The molecule has 0 spiro atoms. The highest BCUT2D eigenvalue weighted by atomic mass is 19.4. The summed E-state index contributed by atoms with van der Waals surface area (Å²) in [5.41, 5.74) is 5.42. The van der Waals surface area contributed by atoms with Crippen LogP contribution in [0.15, 0.2) is 65.9 Å². The Labute approximate surface area is 177 Å². The van der Waals surface area contributed by atoms with E-state index in [2.05, 4.69) is 31.0 Å². The van der Waals surface area contributed by atoms with E-state index in [1.165, 1.54) is 12.1 Å². The van der Waals surface area contributed by atoms with Gasteiger partial charge in [0.15, 0.2) is 11.5 Å². The van der Waals surface area contributed by atoms with E-state index in [1.54, 1.807) is 30.3 Å². The minimum absolute atomic E-state index is 0.0657. The van der Waals surface area contributed by atoms with Gasteiger partial charge in [-0.1, -0.05) is 68.4 Å². The number of halogens is 3. The molecule has 162 valence electrons. The number of rotatable bonds is 4. The smallest absolute Gasteiger partial charge is 0.380 e. The Morgan fingerprint density at radius 3 is 2.19 bits per heavy atom. The van der Waals surface area contributed by atoms with Crippen molar-refractivity contribution in [3.05, 3.63) is 83.2 Å². The molecule has 0 aliphatic rings. The molecule has 0 saturated heterocycles. The third-order valence-corrected chi connectivity index (χ3v) is 4.53. The fraction of sp³-hybridized carbons (Fsp3) is 0.227. The summed E-state index contributed by atoms with van der Waals surface area (Å²) < 4.78 is 41.6. The van der Waals surface area contributed by atoms with Crippen molar-refractivity contribution in [2.45, 2.75) is 32.4 Å². The number of benzene rings is 2. The van der Waals surface area contributed by atoms with Crippen molar-refractivity contribution in [1.29, 1.82) is 0 Å². The molecule has 0 saturated carbocycles. The summed E-state index contributed by atoms with van der Waals surface area (Å²) in [7, 11) is 0. The molecule has 0 atom stereocenters. The van der Waals surface area contributed by atoms with Gasteiger partial charge in [-0.25, -0.2) is 9.48 Å². The van der Waals surface area contributed by atoms with Crippen LogP contribution in [0.25, 0.3) is 5.69 Å². The lowest BCUT2D eigenvalue weighted by Crippen LogP contribution is -2.19. The maximum atomic E-state index is 13.7. The number of amidine groups is 1. The third-order valence-electron chi connectivity index (χ3n) is 4.53. The topological polar surface area (TPSA) is 82.5 Å². The Morgan fingerprint density at radius 2 is 1.65 bits per heavy atom. The Hall–Kier alpha value is -3.62. The molecular formula is C22H21F3N4O2. The average Bonchev–Trinajstić information content (AvgIpc) is 3.18. The van der Waals surface area contributed by atoms with Crippen molar-refractivity contribution >= 4 is 11.8 Å². The van der Waals surface area contributed by atoms with Crippen LogP contribution in [-0.2, 0) is 16.4 Å². The van der Waals surface area contributed by atoms with Crippen LogP contribution < -0.4 is 5.73 Å². The predicted octanol–water partition coefficient (Wildman–Crippen LogP) is 4.67. The predicted molar refractivity (Wildman–Crippen MR) is 110 cm³/mol. The fourth-order valence-corrected chi connectivity index (χ4v) is 2.87. The molecule has 2 aromatic carbocycles. The van der Waals surface area contributed by atoms with E-state index in [-0.39, 0.29) is 16.9 Å². The number of hydrogen-bond acceptors (Lipinski definition) is 4. The molecule has 0 bridgehead atoms. The first-order valence-corrected chi connectivity index (χ1v) is 9.35. The minimum Gasteiger partial charge on any atom is -0.380 e. The van der Waals surface area contributed by atoms with Crippen LogP contribution in [0.3, 0.4) is 0 Å². The molecule has 0 radical (unpaired) electrons. The van der Waals surface area contributed by atoms with Crippen LogP contribution in [-0.4, -0.2) is 21.6 Å². The number of nitrogens with two attached hydrogens (primary N) is 1. The van der Waals surface area contributed by atoms with Crippen LogP contribution in [0.2, 0.25) is 0 Å². The Kier molecular flexibility index (Phi) is 5.88. The van der Waals surface area contributed by atoms with Gasteiger partial charge in [0.05, 0.1) is 11.9 Å². The molecular weight excluding hydrogens is 409 g/mol. The summed E-state index contributed by atoms with van der Waals surface area (Å²) in [6, 6.07) is 14.8. The van der Waals surface area contributed by atoms with Crippen molar-refractivity contribution in [2.75, 3.05) is 0 Å². The van der Waals surface area contributed by atoms with Crippen LogP contribution in [0, 0.1) is 0 Å². The van der Waals surface area contributed by atoms with E-state index in [4.69, 9.17) is 10.6 Å². The zero-order valence-electron chi connectivity index (χ0n) is 17.1. The normalized spacial score (nSPS) is 12.6. The van der Waals surface area contributed by atoms with E-state index in [0.717, 1.165) is 11.8 Å². The molecule has 2 N–H and O–H groups in total. The Balaban J connectivity index is 1.86. The summed E-state index contributed by atoms with van der Waals surface area (Å²) in [4.78, 5) is 17.0. The van der Waals surface area contributed by atoms with Gasteiger partial charge in [-0.3, -0.25) is 0 Å². The summed E-state index contributed by atoms with van der Waals surface area (Å²) in [5.74, 6) is -1.46. The van der Waals surface area contributed by atoms with Crippen LogP contribution in [0.4, 0.5) is 13.2 Å². The Morgan fingerprint density at radius 1 is 1.03 bits per heavy atom. The van der Waals surface area contributed by atoms with Gasteiger partial charge in [0.2, 0.25) is 0 Å². The van der Waals surface area contributed by atoms with Gasteiger partial charge in [-0.15, -0.1) is 0 Å². The van der Waals surface area contributed by atoms with Crippen molar-refractivity contribution in [2.24, 2.45) is 10.9 Å². The van der Waals surface area contributed by atoms with Gasteiger partial charge >= 0.3 is 12.1 Å². The molecule has 1 heterocycles. The number of oxime groups is 1. The third kappa shape index (κ3) is 4.93. The number of carbonyl (C=O) groups excluding carboxylic acids is 1. The van der Waals surface area contributed by atoms with Crippen molar-refractivity contribution in [1.82, 2.24) is 9.78 Å². The number of alkyl halides is 3. The first-order chi connectivity index (χ1) is 14.5. The van der Waals surface area contributed by atoms with E-state index in [1.807, 2.05) is 12.1 Å². The molecule has 0 amide bonds. The molecule has 3 aromatic rings. The van der Waals surface area contributed by atoms with Crippen LogP contribution >= 0.6 is 0 Å². The number of para-hydroxylation sites is 1. The highest BCUT2D eigenvalue weighted by Gasteiger charge is 2.41. The lowest BCUT2D eigenvalue weighted by molar-refractivity contribution is -0.143. The minimum atomic E-state index is -4.85. The van der Waals surface area contributed by atoms with E-state index >= 15 is 0 Å². The second kappa shape index (κ2) is 8.25. The molecule has 3 rings (SSSR count). The molecule has 1 aromatic heterocycles. The molecule has 0 unspecified atom stereocenters. The van der Waals surface area contributed by atoms with E-state index in [0.29, 0.717) is 10.2 Å². The molecule has 0 aliphatic carbocycles. The number of carbonyl (C=O) groups is 1. The molecule has 31 heavy (non-hydrogen) atoms. The summed E-state index contributed by atoms with van der Waals surface area (Å²) in [6.45, 7) is 6.15. The van der Waals surface area contributed by atoms with Crippen molar-refractivity contribution in [3.8, 4) is 5.69 Å². The summed E-state index contributed by atoms with van der Waals surface area (Å²) in [6.07, 6.45) is -4.05. The fourth-order valence-electron chi connectivity index (χ4n) is 2.87. The summed E-state index contributed by atoms with van der Waals surface area (Å²) >= 11 is 0.